The van der Waals surface area contributed by atoms with E-state index in [2.05, 4.69) is 30.1 Å². The normalized spacial score (nSPS) is 13.9. The van der Waals surface area contributed by atoms with Gasteiger partial charge in [0.15, 0.2) is 0 Å². The van der Waals surface area contributed by atoms with Gasteiger partial charge in [0.2, 0.25) is 0 Å². The molecule has 0 radical (unpaired) electrons. The Morgan fingerprint density at radius 2 is 1.67 bits per heavy atom. The number of carbonyl (C=O) groups is 1. The molecule has 4 aromatic rings. The number of methoxy groups -OCH3 is 1. The van der Waals surface area contributed by atoms with Gasteiger partial charge in [-0.15, -0.1) is 0 Å². The molecule has 0 saturated heterocycles. The van der Waals surface area contributed by atoms with Crippen molar-refractivity contribution >= 4 is 16.8 Å². The predicted octanol–water partition coefficient (Wildman–Crippen LogP) is 4.99. The van der Waals surface area contributed by atoms with Gasteiger partial charge in [0.1, 0.15) is 5.75 Å². The Labute approximate surface area is 176 Å². The van der Waals surface area contributed by atoms with Crippen LogP contribution in [0.25, 0.3) is 22.0 Å². The van der Waals surface area contributed by atoms with E-state index in [1.54, 1.807) is 7.11 Å². The smallest absolute Gasteiger partial charge is 0.262 e. The molecule has 2 heterocycles. The standard InChI is InChI=1S/C26H24N2O2/c1-27-15-14-22-23-16-21(30-2)12-13-24(23)28(25(22)17-27)26(29)20-10-8-19(9-11-20)18-6-4-3-5-7-18/h3-13,16H,14-15,17H2,1-2H3. The van der Waals surface area contributed by atoms with E-state index in [-0.39, 0.29) is 5.91 Å². The monoisotopic (exact) mass is 396 g/mol. The zero-order chi connectivity index (χ0) is 20.7. The van der Waals surface area contributed by atoms with Gasteiger partial charge in [-0.2, -0.15) is 0 Å². The third-order valence-electron chi connectivity index (χ3n) is 5.99. The van der Waals surface area contributed by atoms with Crippen LogP contribution in [0.1, 0.15) is 21.6 Å². The van der Waals surface area contributed by atoms with Gasteiger partial charge in [-0.1, -0.05) is 42.5 Å². The van der Waals surface area contributed by atoms with E-state index in [0.29, 0.717) is 5.56 Å². The minimum absolute atomic E-state index is 0.0151. The predicted molar refractivity (Wildman–Crippen MR) is 120 cm³/mol. The Kier molecular flexibility index (Phi) is 4.64. The fourth-order valence-corrected chi connectivity index (χ4v) is 4.39. The van der Waals surface area contributed by atoms with Crippen LogP contribution in [-0.2, 0) is 13.0 Å². The number of hydrogen-bond donors (Lipinski definition) is 0. The quantitative estimate of drug-likeness (QED) is 0.489. The lowest BCUT2D eigenvalue weighted by Crippen LogP contribution is -2.29. The number of benzene rings is 3. The van der Waals surface area contributed by atoms with Crippen LogP contribution >= 0.6 is 0 Å². The molecule has 4 heteroatoms. The minimum atomic E-state index is 0.0151. The summed E-state index contributed by atoms with van der Waals surface area (Å²) in [5.41, 5.74) is 6.25. The topological polar surface area (TPSA) is 34.5 Å². The van der Waals surface area contributed by atoms with Crippen molar-refractivity contribution in [1.82, 2.24) is 9.47 Å². The first-order chi connectivity index (χ1) is 14.7. The number of likely N-dealkylation sites (N-methyl/N-ethyl adjacent to an activating group) is 1. The molecule has 0 unspecified atom stereocenters. The van der Waals surface area contributed by atoms with E-state index in [9.17, 15) is 4.79 Å². The Morgan fingerprint density at radius 3 is 2.40 bits per heavy atom. The molecule has 150 valence electrons. The van der Waals surface area contributed by atoms with Gasteiger partial charge in [0, 0.05) is 29.7 Å². The summed E-state index contributed by atoms with van der Waals surface area (Å²) in [6.07, 6.45) is 0.933. The first-order valence-corrected chi connectivity index (χ1v) is 10.2. The molecule has 0 fully saturated rings. The summed E-state index contributed by atoms with van der Waals surface area (Å²) >= 11 is 0. The van der Waals surface area contributed by atoms with E-state index in [4.69, 9.17) is 4.74 Å². The van der Waals surface area contributed by atoms with Crippen LogP contribution < -0.4 is 4.74 Å². The Bertz CT molecular complexity index is 1220. The van der Waals surface area contributed by atoms with Gasteiger partial charge >= 0.3 is 0 Å². The van der Waals surface area contributed by atoms with Gasteiger partial charge in [0.05, 0.1) is 12.6 Å². The van der Waals surface area contributed by atoms with Crippen LogP contribution in [0.15, 0.2) is 72.8 Å². The molecule has 5 rings (SSSR count). The lowest BCUT2D eigenvalue weighted by Gasteiger charge is -2.24. The number of carbonyl (C=O) groups excluding carboxylic acids is 1. The maximum atomic E-state index is 13.6. The fraction of sp³-hybridized carbons (Fsp3) is 0.192. The van der Waals surface area contributed by atoms with E-state index in [1.807, 2.05) is 59.2 Å². The van der Waals surface area contributed by atoms with Crippen molar-refractivity contribution < 1.29 is 9.53 Å². The highest BCUT2D eigenvalue weighted by molar-refractivity contribution is 6.04. The third kappa shape index (κ3) is 3.10. The van der Waals surface area contributed by atoms with Crippen LogP contribution in [0, 0.1) is 0 Å². The second kappa shape index (κ2) is 7.47. The van der Waals surface area contributed by atoms with Crippen molar-refractivity contribution in [2.24, 2.45) is 0 Å². The first-order valence-electron chi connectivity index (χ1n) is 10.2. The highest BCUT2D eigenvalue weighted by Gasteiger charge is 2.26. The van der Waals surface area contributed by atoms with Crippen molar-refractivity contribution in [2.45, 2.75) is 13.0 Å². The molecule has 30 heavy (non-hydrogen) atoms. The van der Waals surface area contributed by atoms with Crippen molar-refractivity contribution in [3.63, 3.8) is 0 Å². The summed E-state index contributed by atoms with van der Waals surface area (Å²) in [6.45, 7) is 1.75. The van der Waals surface area contributed by atoms with Gasteiger partial charge in [-0.3, -0.25) is 9.36 Å². The number of ether oxygens (including phenoxy) is 1. The highest BCUT2D eigenvalue weighted by atomic mass is 16.5. The third-order valence-corrected chi connectivity index (χ3v) is 5.99. The van der Waals surface area contributed by atoms with Gasteiger partial charge in [0.25, 0.3) is 5.91 Å². The molecule has 1 aliphatic rings. The molecule has 3 aromatic carbocycles. The summed E-state index contributed by atoms with van der Waals surface area (Å²) in [5, 5.41) is 1.12. The van der Waals surface area contributed by atoms with Crippen LogP contribution in [-0.4, -0.2) is 36.1 Å². The molecule has 0 amide bonds. The maximum absolute atomic E-state index is 13.6. The second-order valence-electron chi connectivity index (χ2n) is 7.88. The summed E-state index contributed by atoms with van der Waals surface area (Å²) in [6, 6.07) is 24.1. The summed E-state index contributed by atoms with van der Waals surface area (Å²) in [7, 11) is 3.78. The van der Waals surface area contributed by atoms with E-state index >= 15 is 0 Å². The Hall–Kier alpha value is -3.37. The number of hydrogen-bond acceptors (Lipinski definition) is 3. The zero-order valence-electron chi connectivity index (χ0n) is 17.3. The molecule has 1 aliphatic heterocycles. The molecule has 0 atom stereocenters. The summed E-state index contributed by atoms with van der Waals surface area (Å²) in [5.74, 6) is 0.836. The van der Waals surface area contributed by atoms with Gasteiger partial charge in [-0.25, -0.2) is 0 Å². The molecule has 0 N–H and O–H groups in total. The van der Waals surface area contributed by atoms with Crippen LogP contribution in [0.5, 0.6) is 5.75 Å². The zero-order valence-corrected chi connectivity index (χ0v) is 17.3. The maximum Gasteiger partial charge on any atom is 0.262 e. The van der Waals surface area contributed by atoms with Crippen molar-refractivity contribution in [3.8, 4) is 16.9 Å². The molecular weight excluding hydrogens is 372 g/mol. The molecule has 0 bridgehead atoms. The summed E-state index contributed by atoms with van der Waals surface area (Å²) in [4.78, 5) is 15.9. The molecule has 0 aliphatic carbocycles. The average molecular weight is 396 g/mol. The number of aromatic nitrogens is 1. The van der Waals surface area contributed by atoms with Crippen molar-refractivity contribution in [3.05, 3.63) is 89.6 Å². The Morgan fingerprint density at radius 1 is 0.933 bits per heavy atom. The number of fused-ring (bicyclic) bond motifs is 3. The lowest BCUT2D eigenvalue weighted by atomic mass is 10.0. The van der Waals surface area contributed by atoms with E-state index in [1.165, 1.54) is 5.56 Å². The Balaban J connectivity index is 1.60. The molecule has 0 saturated carbocycles. The van der Waals surface area contributed by atoms with Crippen molar-refractivity contribution in [1.29, 1.82) is 0 Å². The molecule has 0 spiro atoms. The van der Waals surface area contributed by atoms with E-state index in [0.717, 1.165) is 53.0 Å². The van der Waals surface area contributed by atoms with Crippen LogP contribution in [0.3, 0.4) is 0 Å². The van der Waals surface area contributed by atoms with Crippen LogP contribution in [0.4, 0.5) is 0 Å². The van der Waals surface area contributed by atoms with Gasteiger partial charge in [-0.05, 0) is 60.5 Å². The van der Waals surface area contributed by atoms with Crippen molar-refractivity contribution in [2.75, 3.05) is 20.7 Å². The largest absolute Gasteiger partial charge is 0.497 e. The first kappa shape index (κ1) is 18.6. The van der Waals surface area contributed by atoms with Gasteiger partial charge < -0.3 is 9.64 Å². The number of nitrogens with zero attached hydrogens (tertiary/aromatic N) is 2. The number of rotatable bonds is 3. The van der Waals surface area contributed by atoms with Crippen LogP contribution in [0.2, 0.25) is 0 Å². The molecule has 4 nitrogen and oxygen atoms in total. The SMILES string of the molecule is COc1ccc2c(c1)c1c(n2C(=O)c2ccc(-c3ccccc3)cc2)CN(C)CC1. The molecule has 1 aromatic heterocycles. The second-order valence-corrected chi connectivity index (χ2v) is 7.88. The fourth-order valence-electron chi connectivity index (χ4n) is 4.39. The average Bonchev–Trinajstić information content (AvgIpc) is 3.11. The lowest BCUT2D eigenvalue weighted by molar-refractivity contribution is 0.0958. The molecular formula is C26H24N2O2. The highest BCUT2D eigenvalue weighted by Crippen LogP contribution is 2.33. The minimum Gasteiger partial charge on any atom is -0.497 e. The summed E-state index contributed by atoms with van der Waals surface area (Å²) < 4.78 is 7.34. The van der Waals surface area contributed by atoms with E-state index < -0.39 is 0 Å².